The Kier molecular flexibility index (Phi) is 3.88. The lowest BCUT2D eigenvalue weighted by Crippen LogP contribution is -2.26. The second-order valence-corrected chi connectivity index (χ2v) is 3.73. The van der Waals surface area contributed by atoms with Crippen molar-refractivity contribution < 1.29 is 19.5 Å². The van der Waals surface area contributed by atoms with Crippen LogP contribution in [-0.4, -0.2) is 28.9 Å². The predicted molar refractivity (Wildman–Crippen MR) is 64.2 cm³/mol. The summed E-state index contributed by atoms with van der Waals surface area (Å²) in [6, 6.07) is 3.08. The number of rotatable bonds is 5. The molecule has 0 heterocycles. The number of aliphatic carboxylic acids is 1. The summed E-state index contributed by atoms with van der Waals surface area (Å²) in [7, 11) is 0. The number of hydrogen-bond acceptors (Lipinski definition) is 4. The predicted octanol–water partition coefficient (Wildman–Crippen LogP) is -0.231. The molecule has 0 aromatic heterocycles. The minimum atomic E-state index is -1.07. The monoisotopic (exact) mass is 251 g/mol. The smallest absolute Gasteiger partial charge is 0.325 e. The molecule has 1 rings (SSSR count). The summed E-state index contributed by atoms with van der Waals surface area (Å²) in [5.74, 6) is -2.53. The first-order valence-electron chi connectivity index (χ1n) is 5.05. The Morgan fingerprint density at radius 2 is 1.56 bits per heavy atom. The lowest BCUT2D eigenvalue weighted by Gasteiger charge is -2.12. The highest BCUT2D eigenvalue weighted by Crippen LogP contribution is 2.15. The van der Waals surface area contributed by atoms with Crippen LogP contribution in [0.1, 0.15) is 27.6 Å². The average molecular weight is 251 g/mol. The number of carboxylic acids is 1. The van der Waals surface area contributed by atoms with E-state index in [2.05, 4.69) is 5.32 Å². The van der Waals surface area contributed by atoms with Crippen molar-refractivity contribution in [2.45, 2.75) is 13.0 Å². The summed E-state index contributed by atoms with van der Waals surface area (Å²) in [6.07, 6.45) is 0. The van der Waals surface area contributed by atoms with Crippen LogP contribution in [0, 0.1) is 0 Å². The summed E-state index contributed by atoms with van der Waals surface area (Å²) < 4.78 is 0. The molecule has 1 aromatic carbocycles. The van der Waals surface area contributed by atoms with Gasteiger partial charge in [0.25, 0.3) is 0 Å². The number of nitrogens with one attached hydrogen (secondary N) is 1. The van der Waals surface area contributed by atoms with Crippen LogP contribution in [-0.2, 0) is 4.79 Å². The molecule has 96 valence electrons. The molecule has 18 heavy (non-hydrogen) atoms. The zero-order valence-corrected chi connectivity index (χ0v) is 9.64. The van der Waals surface area contributed by atoms with E-state index in [-0.39, 0.29) is 16.8 Å². The van der Waals surface area contributed by atoms with Gasteiger partial charge in [0, 0.05) is 16.8 Å². The number of carbonyl (C=O) groups is 3. The van der Waals surface area contributed by atoms with Gasteiger partial charge in [-0.1, -0.05) is 0 Å². The number of carbonyl (C=O) groups excluding carboxylic acids is 2. The zero-order valence-electron chi connectivity index (χ0n) is 9.64. The number of anilines is 1. The maximum absolute atomic E-state index is 11.1. The molecular formula is C11H13N3O4. The molecule has 0 saturated heterocycles. The second-order valence-electron chi connectivity index (χ2n) is 3.73. The van der Waals surface area contributed by atoms with Gasteiger partial charge in [0.15, 0.2) is 0 Å². The van der Waals surface area contributed by atoms with Gasteiger partial charge in [-0.3, -0.25) is 14.4 Å². The molecule has 7 heteroatoms. The number of hydrogen-bond donors (Lipinski definition) is 4. The lowest BCUT2D eigenvalue weighted by molar-refractivity contribution is -0.137. The fourth-order valence-corrected chi connectivity index (χ4v) is 1.31. The number of nitrogens with two attached hydrogens (primary N) is 2. The quantitative estimate of drug-likeness (QED) is 0.573. The Balaban J connectivity index is 3.15. The molecule has 0 aliphatic carbocycles. The van der Waals surface area contributed by atoms with Gasteiger partial charge in [-0.15, -0.1) is 0 Å². The van der Waals surface area contributed by atoms with Crippen molar-refractivity contribution in [2.24, 2.45) is 11.5 Å². The zero-order chi connectivity index (χ0) is 13.9. The van der Waals surface area contributed by atoms with Crippen LogP contribution in [0.3, 0.4) is 0 Å². The molecule has 7 nitrogen and oxygen atoms in total. The number of carboxylic acid groups (broad SMARTS) is 1. The van der Waals surface area contributed by atoms with Crippen molar-refractivity contribution in [1.29, 1.82) is 0 Å². The van der Waals surface area contributed by atoms with Crippen molar-refractivity contribution in [3.63, 3.8) is 0 Å². The van der Waals surface area contributed by atoms with Gasteiger partial charge >= 0.3 is 5.97 Å². The molecule has 1 atom stereocenters. The molecule has 0 fully saturated rings. The molecule has 1 aromatic rings. The molecule has 0 aliphatic rings. The molecule has 0 bridgehead atoms. The van der Waals surface area contributed by atoms with E-state index in [0.29, 0.717) is 0 Å². The Morgan fingerprint density at radius 1 is 1.11 bits per heavy atom. The Hall–Kier alpha value is -2.57. The van der Waals surface area contributed by atoms with E-state index in [1.165, 1.54) is 25.1 Å². The van der Waals surface area contributed by atoms with E-state index in [1.54, 1.807) is 0 Å². The van der Waals surface area contributed by atoms with Crippen molar-refractivity contribution in [3.8, 4) is 0 Å². The third-order valence-electron chi connectivity index (χ3n) is 2.26. The number of benzene rings is 1. The maximum Gasteiger partial charge on any atom is 0.325 e. The van der Waals surface area contributed by atoms with Gasteiger partial charge in [-0.05, 0) is 25.1 Å². The summed E-state index contributed by atoms with van der Waals surface area (Å²) in [5, 5.41) is 11.4. The molecule has 0 spiro atoms. The lowest BCUT2D eigenvalue weighted by atomic mass is 10.1. The SMILES string of the molecule is CC(Nc1cc(C(N)=O)cc(C(N)=O)c1)C(=O)O. The van der Waals surface area contributed by atoms with Crippen LogP contribution in [0.2, 0.25) is 0 Å². The minimum Gasteiger partial charge on any atom is -0.480 e. The Morgan fingerprint density at radius 3 is 1.89 bits per heavy atom. The van der Waals surface area contributed by atoms with Gasteiger partial charge < -0.3 is 21.9 Å². The minimum absolute atomic E-state index is 0.0754. The summed E-state index contributed by atoms with van der Waals surface area (Å²) in [6.45, 7) is 1.42. The maximum atomic E-state index is 11.1. The van der Waals surface area contributed by atoms with Crippen molar-refractivity contribution in [2.75, 3.05) is 5.32 Å². The molecule has 0 radical (unpaired) electrons. The fourth-order valence-electron chi connectivity index (χ4n) is 1.31. The normalized spacial score (nSPS) is 11.6. The van der Waals surface area contributed by atoms with Crippen LogP contribution in [0.15, 0.2) is 18.2 Å². The highest BCUT2D eigenvalue weighted by Gasteiger charge is 2.13. The van der Waals surface area contributed by atoms with E-state index < -0.39 is 23.8 Å². The largest absolute Gasteiger partial charge is 0.480 e. The van der Waals surface area contributed by atoms with Gasteiger partial charge in [0.1, 0.15) is 6.04 Å². The van der Waals surface area contributed by atoms with E-state index in [4.69, 9.17) is 16.6 Å². The van der Waals surface area contributed by atoms with Crippen LogP contribution >= 0.6 is 0 Å². The van der Waals surface area contributed by atoms with Gasteiger partial charge in [0.05, 0.1) is 0 Å². The third-order valence-corrected chi connectivity index (χ3v) is 2.26. The summed E-state index contributed by atoms with van der Waals surface area (Å²) in [5.41, 5.74) is 10.7. The van der Waals surface area contributed by atoms with Crippen molar-refractivity contribution >= 4 is 23.5 Å². The van der Waals surface area contributed by atoms with E-state index in [0.717, 1.165) is 0 Å². The van der Waals surface area contributed by atoms with E-state index >= 15 is 0 Å². The summed E-state index contributed by atoms with van der Waals surface area (Å²) >= 11 is 0. The average Bonchev–Trinajstić information content (AvgIpc) is 2.28. The highest BCUT2D eigenvalue weighted by molar-refractivity contribution is 6.00. The van der Waals surface area contributed by atoms with E-state index in [9.17, 15) is 14.4 Å². The van der Waals surface area contributed by atoms with Crippen molar-refractivity contribution in [3.05, 3.63) is 29.3 Å². The van der Waals surface area contributed by atoms with Gasteiger partial charge in [0.2, 0.25) is 11.8 Å². The molecular weight excluding hydrogens is 238 g/mol. The Labute approximate surface area is 103 Å². The second kappa shape index (κ2) is 5.17. The topological polar surface area (TPSA) is 136 Å². The van der Waals surface area contributed by atoms with Crippen LogP contribution in [0.5, 0.6) is 0 Å². The fraction of sp³-hybridized carbons (Fsp3) is 0.182. The third kappa shape index (κ3) is 3.21. The van der Waals surface area contributed by atoms with Gasteiger partial charge in [-0.25, -0.2) is 0 Å². The van der Waals surface area contributed by atoms with Crippen LogP contribution in [0.25, 0.3) is 0 Å². The first kappa shape index (κ1) is 13.5. The molecule has 1 unspecified atom stereocenters. The van der Waals surface area contributed by atoms with Crippen LogP contribution in [0.4, 0.5) is 5.69 Å². The van der Waals surface area contributed by atoms with Crippen LogP contribution < -0.4 is 16.8 Å². The molecule has 2 amide bonds. The van der Waals surface area contributed by atoms with Crippen molar-refractivity contribution in [1.82, 2.24) is 0 Å². The standard InChI is InChI=1S/C11H13N3O4/c1-5(11(17)18)14-8-3-6(9(12)15)2-7(4-8)10(13)16/h2-5,14H,1H3,(H2,12,15)(H2,13,16)(H,17,18). The first-order chi connectivity index (χ1) is 8.31. The number of amides is 2. The molecule has 6 N–H and O–H groups in total. The number of primary amides is 2. The van der Waals surface area contributed by atoms with E-state index in [1.807, 2.05) is 0 Å². The van der Waals surface area contributed by atoms with Gasteiger partial charge in [-0.2, -0.15) is 0 Å². The Bertz CT molecular complexity index is 481. The highest BCUT2D eigenvalue weighted by atomic mass is 16.4. The molecule has 0 aliphatic heterocycles. The first-order valence-corrected chi connectivity index (χ1v) is 5.05. The molecule has 0 saturated carbocycles. The summed E-state index contributed by atoms with van der Waals surface area (Å²) in [4.78, 5) is 32.8.